The third-order valence-electron chi connectivity index (χ3n) is 7.61. The number of halogens is 2. The summed E-state index contributed by atoms with van der Waals surface area (Å²) in [4.78, 5) is 29.9. The largest absolute Gasteiger partial charge is 0.457 e. The highest BCUT2D eigenvalue weighted by Gasteiger charge is 2.28. The molecule has 2 aromatic heterocycles. The van der Waals surface area contributed by atoms with Crippen LogP contribution in [0.4, 0.5) is 26.5 Å². The predicted molar refractivity (Wildman–Crippen MR) is 175 cm³/mol. The number of hydrazone groups is 1. The highest BCUT2D eigenvalue weighted by atomic mass is 79.9. The number of carbonyl (C=O) groups is 1. The lowest BCUT2D eigenvalue weighted by molar-refractivity contribution is 0.0240. The number of allylic oxidation sites excluding steroid dienone is 3. The summed E-state index contributed by atoms with van der Waals surface area (Å²) >= 11 is 3.63. The summed E-state index contributed by atoms with van der Waals surface area (Å²) in [5, 5.41) is 9.30. The van der Waals surface area contributed by atoms with E-state index in [1.807, 2.05) is 45.3 Å². The number of carbonyl (C=O) groups excluding carboxylic acids is 1. The van der Waals surface area contributed by atoms with Crippen LogP contribution in [-0.2, 0) is 4.74 Å². The number of hydrogen-bond acceptors (Lipinski definition) is 10. The lowest BCUT2D eigenvalue weighted by Crippen LogP contribution is -2.50. The first kappa shape index (κ1) is 30.5. The molecule has 13 heteroatoms. The zero-order chi connectivity index (χ0) is 31.9. The SMILES string of the molecule is CC1=C2C=C(Oc3ccc(Nc4ncnc5cc(Br)c(N6CCN(C(=O)OC(C)(C)C)CC6)nc45)c(F)c3)C=CN2N=CC1C. The van der Waals surface area contributed by atoms with Crippen molar-refractivity contribution in [1.29, 1.82) is 0 Å². The second-order valence-corrected chi connectivity index (χ2v) is 12.9. The monoisotopic (exact) mass is 676 g/mol. The van der Waals surface area contributed by atoms with Crippen LogP contribution in [0.15, 0.2) is 75.5 Å². The van der Waals surface area contributed by atoms with Gasteiger partial charge < -0.3 is 24.6 Å². The van der Waals surface area contributed by atoms with Crippen molar-refractivity contribution in [2.24, 2.45) is 11.0 Å². The van der Waals surface area contributed by atoms with Gasteiger partial charge in [0.05, 0.1) is 21.4 Å². The lowest BCUT2D eigenvalue weighted by Gasteiger charge is -2.36. The molecule has 45 heavy (non-hydrogen) atoms. The van der Waals surface area contributed by atoms with Crippen LogP contribution >= 0.6 is 15.9 Å². The Bertz CT molecular complexity index is 1780. The molecule has 3 aliphatic heterocycles. The number of rotatable bonds is 5. The molecule has 3 aromatic rings. The van der Waals surface area contributed by atoms with Gasteiger partial charge in [-0.05, 0) is 73.5 Å². The number of ether oxygens (including phenoxy) is 2. The number of pyridine rings is 1. The quantitative estimate of drug-likeness (QED) is 0.315. The van der Waals surface area contributed by atoms with E-state index >= 15 is 4.39 Å². The molecule has 0 spiro atoms. The minimum atomic E-state index is -0.555. The molecular formula is C32H34BrFN8O3. The van der Waals surface area contributed by atoms with Crippen LogP contribution in [0.5, 0.6) is 5.75 Å². The van der Waals surface area contributed by atoms with Gasteiger partial charge in [0, 0.05) is 56.7 Å². The van der Waals surface area contributed by atoms with E-state index < -0.39 is 11.4 Å². The van der Waals surface area contributed by atoms with Gasteiger partial charge in [-0.25, -0.2) is 29.1 Å². The predicted octanol–water partition coefficient (Wildman–Crippen LogP) is 6.73. The van der Waals surface area contributed by atoms with E-state index in [1.54, 1.807) is 28.1 Å². The topological polar surface area (TPSA) is 108 Å². The fourth-order valence-electron chi connectivity index (χ4n) is 5.07. The number of fused-ring (bicyclic) bond motifs is 2. The number of nitrogens with one attached hydrogen (secondary N) is 1. The molecule has 1 aromatic carbocycles. The molecule has 0 bridgehead atoms. The minimum Gasteiger partial charge on any atom is -0.457 e. The van der Waals surface area contributed by atoms with E-state index in [9.17, 15) is 4.79 Å². The Morgan fingerprint density at radius 1 is 1.13 bits per heavy atom. The van der Waals surface area contributed by atoms with Gasteiger partial charge in [-0.3, -0.25) is 0 Å². The van der Waals surface area contributed by atoms with Crippen molar-refractivity contribution in [2.45, 2.75) is 40.2 Å². The Morgan fingerprint density at radius 3 is 2.64 bits per heavy atom. The molecule has 3 aliphatic rings. The average Bonchev–Trinajstić information content (AvgIpc) is 2.99. The van der Waals surface area contributed by atoms with Crippen LogP contribution in [0.25, 0.3) is 11.0 Å². The van der Waals surface area contributed by atoms with Crippen LogP contribution in [0.3, 0.4) is 0 Å². The molecule has 1 N–H and O–H groups in total. The number of piperazine rings is 1. The van der Waals surface area contributed by atoms with E-state index in [1.165, 1.54) is 18.0 Å². The Balaban J connectivity index is 1.18. The molecule has 0 radical (unpaired) electrons. The van der Waals surface area contributed by atoms with Gasteiger partial charge in [-0.15, -0.1) is 0 Å². The maximum absolute atomic E-state index is 15.4. The van der Waals surface area contributed by atoms with E-state index in [4.69, 9.17) is 14.5 Å². The number of aromatic nitrogens is 3. The molecule has 0 saturated carbocycles. The van der Waals surface area contributed by atoms with Crippen LogP contribution in [-0.4, -0.2) is 68.9 Å². The molecule has 11 nitrogen and oxygen atoms in total. The molecular weight excluding hydrogens is 643 g/mol. The molecule has 1 fully saturated rings. The van der Waals surface area contributed by atoms with E-state index in [0.29, 0.717) is 60.4 Å². The Morgan fingerprint density at radius 2 is 1.91 bits per heavy atom. The molecule has 1 amide bonds. The van der Waals surface area contributed by atoms with E-state index in [0.717, 1.165) is 10.2 Å². The van der Waals surface area contributed by atoms with Gasteiger partial charge >= 0.3 is 6.09 Å². The van der Waals surface area contributed by atoms with Crippen molar-refractivity contribution in [1.82, 2.24) is 24.9 Å². The number of amides is 1. The van der Waals surface area contributed by atoms with Gasteiger partial charge in [0.15, 0.2) is 5.82 Å². The fourth-order valence-corrected chi connectivity index (χ4v) is 5.62. The second kappa shape index (κ2) is 12.1. The third kappa shape index (κ3) is 6.63. The Labute approximate surface area is 269 Å². The maximum Gasteiger partial charge on any atom is 0.410 e. The van der Waals surface area contributed by atoms with Gasteiger partial charge in [-0.1, -0.05) is 6.92 Å². The smallest absolute Gasteiger partial charge is 0.410 e. The summed E-state index contributed by atoms with van der Waals surface area (Å²) in [6.07, 6.45) is 8.49. The van der Waals surface area contributed by atoms with Gasteiger partial charge in [0.1, 0.15) is 40.6 Å². The highest BCUT2D eigenvalue weighted by Crippen LogP contribution is 2.33. The molecule has 1 unspecified atom stereocenters. The average molecular weight is 678 g/mol. The van der Waals surface area contributed by atoms with E-state index in [2.05, 4.69) is 55.1 Å². The Hall–Kier alpha value is -4.52. The minimum absolute atomic E-state index is 0.216. The molecule has 0 aliphatic carbocycles. The van der Waals surface area contributed by atoms with E-state index in [-0.39, 0.29) is 17.7 Å². The molecule has 1 atom stereocenters. The van der Waals surface area contributed by atoms with Gasteiger partial charge in [0.25, 0.3) is 0 Å². The first-order valence-corrected chi connectivity index (χ1v) is 15.5. The first-order chi connectivity index (χ1) is 21.4. The molecule has 1 saturated heterocycles. The summed E-state index contributed by atoms with van der Waals surface area (Å²) in [5.41, 5.74) is 2.85. The molecule has 5 heterocycles. The van der Waals surface area contributed by atoms with Crippen molar-refractivity contribution in [2.75, 3.05) is 36.4 Å². The molecule has 6 rings (SSSR count). The summed E-state index contributed by atoms with van der Waals surface area (Å²) in [7, 11) is 0. The normalized spacial score (nSPS) is 18.2. The van der Waals surface area contributed by atoms with Crippen LogP contribution in [0.1, 0.15) is 34.6 Å². The number of hydrogen-bond donors (Lipinski definition) is 1. The maximum atomic E-state index is 15.4. The summed E-state index contributed by atoms with van der Waals surface area (Å²) in [6.45, 7) is 11.8. The van der Waals surface area contributed by atoms with Crippen molar-refractivity contribution < 1.29 is 18.7 Å². The third-order valence-corrected chi connectivity index (χ3v) is 8.20. The standard InChI is InChI=1S/C32H34BrFN8O3/c1-19-17-37-42-9-8-22(15-27(42)20(19)2)44-21-6-7-25(24(34)14-21)38-29-28-26(35-18-36-29)16-23(33)30(39-28)40-10-12-41(13-11-40)31(43)45-32(3,4)5/h6-9,14-19H,10-13H2,1-5H3,(H,35,36,38). The highest BCUT2D eigenvalue weighted by molar-refractivity contribution is 9.10. The number of anilines is 3. The number of nitrogens with zero attached hydrogens (tertiary/aromatic N) is 7. The second-order valence-electron chi connectivity index (χ2n) is 12.0. The van der Waals surface area contributed by atoms with Crippen molar-refractivity contribution in [3.8, 4) is 5.75 Å². The van der Waals surface area contributed by atoms with Crippen molar-refractivity contribution >= 4 is 56.6 Å². The lowest BCUT2D eigenvalue weighted by atomic mass is 9.99. The summed E-state index contributed by atoms with van der Waals surface area (Å²) in [6, 6.07) is 6.49. The first-order valence-electron chi connectivity index (χ1n) is 14.7. The van der Waals surface area contributed by atoms with Gasteiger partial charge in [0.2, 0.25) is 0 Å². The molecule has 234 valence electrons. The Kier molecular flexibility index (Phi) is 8.21. The van der Waals surface area contributed by atoms with Crippen molar-refractivity contribution in [3.63, 3.8) is 0 Å². The zero-order valence-corrected chi connectivity index (χ0v) is 27.3. The van der Waals surface area contributed by atoms with Crippen LogP contribution in [0, 0.1) is 11.7 Å². The summed E-state index contributed by atoms with van der Waals surface area (Å²) < 4.78 is 27.6. The summed E-state index contributed by atoms with van der Waals surface area (Å²) in [5.74, 6) is 1.70. The van der Waals surface area contributed by atoms with Crippen molar-refractivity contribution in [3.05, 3.63) is 76.3 Å². The fraction of sp³-hybridized carbons (Fsp3) is 0.344. The van der Waals surface area contributed by atoms with Crippen LogP contribution < -0.4 is 15.0 Å². The zero-order valence-electron chi connectivity index (χ0n) is 25.7. The van der Waals surface area contributed by atoms with Gasteiger partial charge in [-0.2, -0.15) is 5.10 Å². The number of benzene rings is 1. The van der Waals surface area contributed by atoms with Crippen LogP contribution in [0.2, 0.25) is 0 Å².